The number of hydrogen-bond acceptors (Lipinski definition) is 7. The van der Waals surface area contributed by atoms with Crippen molar-refractivity contribution < 1.29 is 9.59 Å². The molecule has 2 amide bonds. The number of anilines is 3. The van der Waals surface area contributed by atoms with Gasteiger partial charge in [0.15, 0.2) is 5.82 Å². The fraction of sp³-hybridized carbons (Fsp3) is 0.609. The first kappa shape index (κ1) is 48.4. The number of halogens is 2. The SMILES string of the molecule is CCCCCCCCN(CCCCCCCC)c1ccc(N=Nc2c(C#N)c(C(C)(C)C)nn2-c2c(Cl)cc(NC(=O)CCCCCCC)cc2Cl)c(NC(C)=O)c1. The molecule has 0 saturated heterocycles. The number of rotatable bonds is 26. The number of nitrogens with zero attached hydrogens (tertiary/aromatic N) is 6. The van der Waals surface area contributed by atoms with Crippen LogP contribution in [0.4, 0.5) is 28.6 Å². The predicted molar refractivity (Wildman–Crippen MR) is 243 cm³/mol. The summed E-state index contributed by atoms with van der Waals surface area (Å²) in [6, 6.07) is 11.4. The van der Waals surface area contributed by atoms with Gasteiger partial charge in [-0.05, 0) is 49.6 Å². The predicted octanol–water partition coefficient (Wildman–Crippen LogP) is 14.5. The standard InChI is InChI=1S/C46H68Cl2N8O2/c1-8-11-14-17-20-23-28-55(29-24-21-18-15-12-9-2)36-26-27-40(41(32-36)50-34(4)57)52-53-45-37(33-49)44(46(5,6)7)54-56(45)43-38(47)30-35(31-39(43)48)51-42(58)25-22-19-16-13-10-3/h26-27,30-32H,8-25,28-29H2,1-7H3,(H,50,57)(H,51,58). The molecule has 1 heterocycles. The number of carbonyl (C=O) groups excluding carboxylic acids is 2. The Hall–Kier alpha value is -3.94. The zero-order valence-electron chi connectivity index (χ0n) is 36.3. The number of nitriles is 1. The van der Waals surface area contributed by atoms with Crippen LogP contribution in [0.3, 0.4) is 0 Å². The molecule has 0 unspecified atom stereocenters. The van der Waals surface area contributed by atoms with Gasteiger partial charge in [0.25, 0.3) is 0 Å². The quantitative estimate of drug-likeness (QED) is 0.0615. The molecule has 0 fully saturated rings. The molecule has 0 radical (unpaired) electrons. The van der Waals surface area contributed by atoms with E-state index >= 15 is 0 Å². The Labute approximate surface area is 358 Å². The van der Waals surface area contributed by atoms with Gasteiger partial charge in [0, 0.05) is 43.2 Å². The van der Waals surface area contributed by atoms with E-state index in [2.05, 4.69) is 52.6 Å². The first-order valence-corrected chi connectivity index (χ1v) is 22.5. The van der Waals surface area contributed by atoms with Crippen molar-refractivity contribution in [3.63, 3.8) is 0 Å². The largest absolute Gasteiger partial charge is 0.371 e. The Morgan fingerprint density at radius 2 is 1.31 bits per heavy atom. The number of hydrogen-bond donors (Lipinski definition) is 2. The number of aromatic nitrogens is 2. The van der Waals surface area contributed by atoms with Crippen molar-refractivity contribution in [2.24, 2.45) is 10.2 Å². The van der Waals surface area contributed by atoms with Crippen molar-refractivity contribution >= 4 is 63.6 Å². The maximum absolute atomic E-state index is 12.7. The van der Waals surface area contributed by atoms with Crippen molar-refractivity contribution in [3.05, 3.63) is 51.6 Å². The number of unbranched alkanes of at least 4 members (excludes halogenated alkanes) is 14. The highest BCUT2D eigenvalue weighted by atomic mass is 35.5. The van der Waals surface area contributed by atoms with Crippen LogP contribution in [0.5, 0.6) is 0 Å². The summed E-state index contributed by atoms with van der Waals surface area (Å²) in [5, 5.41) is 30.9. The van der Waals surface area contributed by atoms with Gasteiger partial charge < -0.3 is 15.5 Å². The molecule has 0 bridgehead atoms. The lowest BCUT2D eigenvalue weighted by molar-refractivity contribution is -0.116. The Morgan fingerprint density at radius 3 is 1.83 bits per heavy atom. The van der Waals surface area contributed by atoms with Gasteiger partial charge in [-0.3, -0.25) is 9.59 Å². The highest BCUT2D eigenvalue weighted by Gasteiger charge is 2.29. The molecule has 2 N–H and O–H groups in total. The van der Waals surface area contributed by atoms with Crippen LogP contribution in [0.1, 0.15) is 175 Å². The van der Waals surface area contributed by atoms with Gasteiger partial charge >= 0.3 is 0 Å². The summed E-state index contributed by atoms with van der Waals surface area (Å²) in [7, 11) is 0. The number of nitrogens with one attached hydrogen (secondary N) is 2. The Balaban J connectivity index is 2.00. The molecule has 3 rings (SSSR count). The molecule has 3 aromatic rings. The van der Waals surface area contributed by atoms with Gasteiger partial charge in [0.2, 0.25) is 11.8 Å². The van der Waals surface area contributed by atoms with Crippen molar-refractivity contribution in [1.82, 2.24) is 9.78 Å². The summed E-state index contributed by atoms with van der Waals surface area (Å²) in [5.41, 5.74) is 2.92. The fourth-order valence-corrected chi connectivity index (χ4v) is 7.62. The van der Waals surface area contributed by atoms with E-state index in [0.717, 1.165) is 63.7 Å². The van der Waals surface area contributed by atoms with E-state index in [0.29, 0.717) is 34.9 Å². The van der Waals surface area contributed by atoms with Gasteiger partial charge in [0.05, 0.1) is 21.4 Å². The average molecular weight is 836 g/mol. The number of azo groups is 1. The van der Waals surface area contributed by atoms with Crippen LogP contribution in [0, 0.1) is 11.3 Å². The van der Waals surface area contributed by atoms with E-state index in [1.54, 1.807) is 12.1 Å². The van der Waals surface area contributed by atoms with Crippen molar-refractivity contribution in [2.75, 3.05) is 28.6 Å². The van der Waals surface area contributed by atoms with E-state index in [-0.39, 0.29) is 33.2 Å². The second-order valence-corrected chi connectivity index (χ2v) is 17.2. The Morgan fingerprint density at radius 1 is 0.776 bits per heavy atom. The minimum absolute atomic E-state index is 0.110. The van der Waals surface area contributed by atoms with E-state index in [9.17, 15) is 14.9 Å². The maximum Gasteiger partial charge on any atom is 0.224 e. The van der Waals surface area contributed by atoms with E-state index in [1.165, 1.54) is 75.8 Å². The van der Waals surface area contributed by atoms with Crippen LogP contribution in [0.2, 0.25) is 10.0 Å². The monoisotopic (exact) mass is 834 g/mol. The number of amides is 2. The molecule has 0 saturated carbocycles. The van der Waals surface area contributed by atoms with Crippen molar-refractivity contribution in [3.8, 4) is 11.8 Å². The third kappa shape index (κ3) is 15.7. The first-order chi connectivity index (χ1) is 27.8. The summed E-state index contributed by atoms with van der Waals surface area (Å²) < 4.78 is 1.45. The van der Waals surface area contributed by atoms with Crippen LogP contribution in [-0.2, 0) is 15.0 Å². The molecular formula is C46H68Cl2N8O2. The third-order valence-corrected chi connectivity index (χ3v) is 10.8. The van der Waals surface area contributed by atoms with Crippen LogP contribution < -0.4 is 15.5 Å². The highest BCUT2D eigenvalue weighted by Crippen LogP contribution is 2.40. The minimum Gasteiger partial charge on any atom is -0.371 e. The van der Waals surface area contributed by atoms with E-state index in [4.69, 9.17) is 28.3 Å². The van der Waals surface area contributed by atoms with Crippen LogP contribution in [0.25, 0.3) is 5.69 Å². The highest BCUT2D eigenvalue weighted by molar-refractivity contribution is 6.38. The smallest absolute Gasteiger partial charge is 0.224 e. The van der Waals surface area contributed by atoms with Gasteiger partial charge in [-0.2, -0.15) is 10.4 Å². The fourth-order valence-electron chi connectivity index (χ4n) is 6.97. The van der Waals surface area contributed by atoms with Gasteiger partial charge in [0.1, 0.15) is 23.0 Å². The normalized spacial score (nSPS) is 11.6. The lowest BCUT2D eigenvalue weighted by Crippen LogP contribution is -2.26. The van der Waals surface area contributed by atoms with E-state index in [1.807, 2.05) is 39.0 Å². The van der Waals surface area contributed by atoms with Crippen LogP contribution in [-0.4, -0.2) is 34.7 Å². The second kappa shape index (κ2) is 25.5. The molecule has 0 atom stereocenters. The summed E-state index contributed by atoms with van der Waals surface area (Å²) in [4.78, 5) is 27.7. The second-order valence-electron chi connectivity index (χ2n) is 16.4. The van der Waals surface area contributed by atoms with Crippen LogP contribution in [0.15, 0.2) is 40.6 Å². The van der Waals surface area contributed by atoms with Crippen LogP contribution >= 0.6 is 23.2 Å². The molecular weight excluding hydrogens is 767 g/mol. The summed E-state index contributed by atoms with van der Waals surface area (Å²) >= 11 is 13.8. The molecule has 0 spiro atoms. The van der Waals surface area contributed by atoms with Crippen molar-refractivity contribution in [1.29, 1.82) is 5.26 Å². The minimum atomic E-state index is -0.539. The zero-order chi connectivity index (χ0) is 42.5. The molecule has 0 aliphatic rings. The van der Waals surface area contributed by atoms with Gasteiger partial charge in [-0.1, -0.05) is 155 Å². The van der Waals surface area contributed by atoms with E-state index < -0.39 is 5.41 Å². The van der Waals surface area contributed by atoms with Gasteiger partial charge in [-0.15, -0.1) is 10.2 Å². The number of benzene rings is 2. The third-order valence-electron chi connectivity index (χ3n) is 10.2. The topological polar surface area (TPSA) is 128 Å². The molecule has 2 aromatic carbocycles. The molecule has 12 heteroatoms. The molecule has 1 aromatic heterocycles. The Bertz CT molecular complexity index is 1790. The molecule has 58 heavy (non-hydrogen) atoms. The maximum atomic E-state index is 12.7. The Kier molecular flexibility index (Phi) is 21.3. The van der Waals surface area contributed by atoms with Gasteiger partial charge in [-0.25, -0.2) is 4.68 Å². The molecule has 318 valence electrons. The number of carbonyl (C=O) groups is 2. The molecule has 10 nitrogen and oxygen atoms in total. The summed E-state index contributed by atoms with van der Waals surface area (Å²) in [6.45, 7) is 15.9. The average Bonchev–Trinajstić information content (AvgIpc) is 3.54. The zero-order valence-corrected chi connectivity index (χ0v) is 37.8. The molecule has 0 aliphatic carbocycles. The first-order valence-electron chi connectivity index (χ1n) is 21.8. The lowest BCUT2D eigenvalue weighted by Gasteiger charge is -2.26. The lowest BCUT2D eigenvalue weighted by atomic mass is 9.90. The van der Waals surface area contributed by atoms with Crippen molar-refractivity contribution in [2.45, 2.75) is 169 Å². The molecule has 0 aliphatic heterocycles. The summed E-state index contributed by atoms with van der Waals surface area (Å²) in [6.07, 6.45) is 20.2. The summed E-state index contributed by atoms with van der Waals surface area (Å²) in [5.74, 6) is -0.196.